The molecule has 0 heterocycles. The smallest absolute Gasteiger partial charge is 0.223 e. The first-order valence-corrected chi connectivity index (χ1v) is 7.03. The van der Waals surface area contributed by atoms with E-state index in [4.69, 9.17) is 10.5 Å². The normalized spacial score (nSPS) is 29.1. The molecular formula is C14H28N2O2. The van der Waals surface area contributed by atoms with E-state index < -0.39 is 0 Å². The van der Waals surface area contributed by atoms with Crippen molar-refractivity contribution in [1.29, 1.82) is 0 Å². The van der Waals surface area contributed by atoms with Gasteiger partial charge in [-0.15, -0.1) is 0 Å². The van der Waals surface area contributed by atoms with Crippen molar-refractivity contribution in [3.8, 4) is 0 Å². The molecule has 1 saturated carbocycles. The Morgan fingerprint density at radius 3 is 2.67 bits per heavy atom. The summed E-state index contributed by atoms with van der Waals surface area (Å²) < 4.78 is 5.57. The van der Waals surface area contributed by atoms with E-state index in [1.807, 2.05) is 20.8 Å². The molecule has 3 unspecified atom stereocenters. The fourth-order valence-electron chi connectivity index (χ4n) is 2.54. The van der Waals surface area contributed by atoms with Gasteiger partial charge in [0, 0.05) is 25.1 Å². The zero-order valence-electron chi connectivity index (χ0n) is 12.2. The number of amides is 1. The highest BCUT2D eigenvalue weighted by atomic mass is 16.5. The van der Waals surface area contributed by atoms with E-state index in [1.165, 1.54) is 0 Å². The van der Waals surface area contributed by atoms with Gasteiger partial charge >= 0.3 is 0 Å². The van der Waals surface area contributed by atoms with Crippen LogP contribution in [0.3, 0.4) is 0 Å². The zero-order valence-corrected chi connectivity index (χ0v) is 12.2. The Morgan fingerprint density at radius 2 is 2.11 bits per heavy atom. The summed E-state index contributed by atoms with van der Waals surface area (Å²) in [7, 11) is 0. The summed E-state index contributed by atoms with van der Waals surface area (Å²) >= 11 is 0. The van der Waals surface area contributed by atoms with Crippen LogP contribution in [0.25, 0.3) is 0 Å². The number of ether oxygens (including phenoxy) is 1. The van der Waals surface area contributed by atoms with Gasteiger partial charge in [-0.2, -0.15) is 0 Å². The summed E-state index contributed by atoms with van der Waals surface area (Å²) in [5.41, 5.74) is 5.68. The fraction of sp³-hybridized carbons (Fsp3) is 0.929. The molecule has 0 radical (unpaired) electrons. The predicted molar refractivity (Wildman–Crippen MR) is 73.2 cm³/mol. The quantitative estimate of drug-likeness (QED) is 0.786. The monoisotopic (exact) mass is 256 g/mol. The number of carbonyl (C=O) groups is 1. The minimum absolute atomic E-state index is 0.122. The Bertz CT molecular complexity index is 279. The Labute approximate surface area is 111 Å². The Morgan fingerprint density at radius 1 is 1.44 bits per heavy atom. The van der Waals surface area contributed by atoms with Gasteiger partial charge in [0.25, 0.3) is 0 Å². The van der Waals surface area contributed by atoms with Crippen LogP contribution in [-0.2, 0) is 9.53 Å². The number of hydrogen-bond acceptors (Lipinski definition) is 3. The molecule has 0 bridgehead atoms. The predicted octanol–water partition coefficient (Wildman–Crippen LogP) is 1.68. The summed E-state index contributed by atoms with van der Waals surface area (Å²) in [4.78, 5) is 12.1. The van der Waals surface area contributed by atoms with Crippen molar-refractivity contribution in [2.75, 3.05) is 13.2 Å². The third-order valence-electron chi connectivity index (χ3n) is 3.83. The average Bonchev–Trinajstić information content (AvgIpc) is 2.30. The molecule has 3 atom stereocenters. The summed E-state index contributed by atoms with van der Waals surface area (Å²) in [5, 5.41) is 3.01. The van der Waals surface area contributed by atoms with Crippen molar-refractivity contribution in [1.82, 2.24) is 5.32 Å². The molecule has 0 aromatic carbocycles. The maximum Gasteiger partial charge on any atom is 0.223 e. The van der Waals surface area contributed by atoms with E-state index in [1.54, 1.807) is 0 Å². The van der Waals surface area contributed by atoms with Gasteiger partial charge in [0.1, 0.15) is 0 Å². The largest absolute Gasteiger partial charge is 0.374 e. The zero-order chi connectivity index (χ0) is 13.8. The van der Waals surface area contributed by atoms with Crippen LogP contribution in [0, 0.1) is 11.8 Å². The Kier molecular flexibility index (Phi) is 5.60. The first-order chi connectivity index (χ1) is 8.35. The van der Waals surface area contributed by atoms with Crippen molar-refractivity contribution < 1.29 is 9.53 Å². The van der Waals surface area contributed by atoms with E-state index in [9.17, 15) is 4.79 Å². The van der Waals surface area contributed by atoms with Crippen molar-refractivity contribution >= 4 is 5.91 Å². The summed E-state index contributed by atoms with van der Waals surface area (Å²) in [5.74, 6) is 0.716. The molecule has 1 aliphatic rings. The molecule has 0 spiro atoms. The molecule has 0 aromatic rings. The lowest BCUT2D eigenvalue weighted by atomic mass is 9.79. The van der Waals surface area contributed by atoms with Gasteiger partial charge in [0.05, 0.1) is 5.60 Å². The topological polar surface area (TPSA) is 64.3 Å². The number of rotatable bonds is 5. The average molecular weight is 256 g/mol. The summed E-state index contributed by atoms with van der Waals surface area (Å²) in [6.07, 6.45) is 2.77. The molecule has 106 valence electrons. The van der Waals surface area contributed by atoms with E-state index in [0.29, 0.717) is 19.1 Å². The number of hydrogen-bond donors (Lipinski definition) is 2. The van der Waals surface area contributed by atoms with Crippen LogP contribution >= 0.6 is 0 Å². The van der Waals surface area contributed by atoms with Gasteiger partial charge in [-0.05, 0) is 46.0 Å². The SMILES string of the molecule is CCOC(C)(C)CNC(=O)C1CCC(N)C(C)C1. The van der Waals surface area contributed by atoms with Crippen molar-refractivity contribution in [2.45, 2.75) is 58.6 Å². The van der Waals surface area contributed by atoms with Gasteiger partial charge in [-0.25, -0.2) is 0 Å². The van der Waals surface area contributed by atoms with Crippen molar-refractivity contribution in [2.24, 2.45) is 17.6 Å². The van der Waals surface area contributed by atoms with Crippen LogP contribution < -0.4 is 11.1 Å². The molecule has 3 N–H and O–H groups in total. The molecule has 0 aliphatic heterocycles. The van der Waals surface area contributed by atoms with Gasteiger partial charge in [-0.3, -0.25) is 4.79 Å². The molecule has 4 heteroatoms. The van der Waals surface area contributed by atoms with Crippen LogP contribution in [0.15, 0.2) is 0 Å². The van der Waals surface area contributed by atoms with Gasteiger partial charge in [0.15, 0.2) is 0 Å². The molecule has 4 nitrogen and oxygen atoms in total. The third-order valence-corrected chi connectivity index (χ3v) is 3.83. The second kappa shape index (κ2) is 6.53. The van der Waals surface area contributed by atoms with E-state index in [-0.39, 0.29) is 23.5 Å². The van der Waals surface area contributed by atoms with Gasteiger partial charge < -0.3 is 15.8 Å². The molecule has 0 saturated heterocycles. The Balaban J connectivity index is 2.37. The van der Waals surface area contributed by atoms with Crippen LogP contribution in [0.5, 0.6) is 0 Å². The molecule has 1 rings (SSSR count). The molecule has 1 aliphatic carbocycles. The number of carbonyl (C=O) groups excluding carboxylic acids is 1. The molecular weight excluding hydrogens is 228 g/mol. The lowest BCUT2D eigenvalue weighted by Gasteiger charge is -2.32. The standard InChI is InChI=1S/C14H28N2O2/c1-5-18-14(3,4)9-16-13(17)11-6-7-12(15)10(2)8-11/h10-12H,5-9,15H2,1-4H3,(H,16,17). The van der Waals surface area contributed by atoms with Crippen molar-refractivity contribution in [3.63, 3.8) is 0 Å². The number of nitrogens with two attached hydrogens (primary N) is 1. The van der Waals surface area contributed by atoms with Crippen molar-refractivity contribution in [3.05, 3.63) is 0 Å². The highest BCUT2D eigenvalue weighted by Crippen LogP contribution is 2.28. The lowest BCUT2D eigenvalue weighted by Crippen LogP contribution is -2.45. The fourth-order valence-corrected chi connectivity index (χ4v) is 2.54. The highest BCUT2D eigenvalue weighted by Gasteiger charge is 2.30. The number of nitrogens with one attached hydrogen (secondary N) is 1. The van der Waals surface area contributed by atoms with Gasteiger partial charge in [-0.1, -0.05) is 6.92 Å². The summed E-state index contributed by atoms with van der Waals surface area (Å²) in [6.45, 7) is 9.32. The highest BCUT2D eigenvalue weighted by molar-refractivity contribution is 5.78. The minimum Gasteiger partial charge on any atom is -0.374 e. The molecule has 0 aromatic heterocycles. The van der Waals surface area contributed by atoms with E-state index in [2.05, 4.69) is 12.2 Å². The second-order valence-corrected chi connectivity index (χ2v) is 6.06. The third kappa shape index (κ3) is 4.58. The van der Waals surface area contributed by atoms with Crippen LogP contribution in [-0.4, -0.2) is 30.7 Å². The maximum absolute atomic E-state index is 12.1. The maximum atomic E-state index is 12.1. The van der Waals surface area contributed by atoms with E-state index >= 15 is 0 Å². The first-order valence-electron chi connectivity index (χ1n) is 7.03. The van der Waals surface area contributed by atoms with Gasteiger partial charge in [0.2, 0.25) is 5.91 Å². The molecule has 1 fully saturated rings. The molecule has 18 heavy (non-hydrogen) atoms. The summed E-state index contributed by atoms with van der Waals surface area (Å²) in [6, 6.07) is 0.258. The van der Waals surface area contributed by atoms with Crippen LogP contribution in [0.1, 0.15) is 47.0 Å². The lowest BCUT2D eigenvalue weighted by molar-refractivity contribution is -0.128. The first kappa shape index (κ1) is 15.4. The second-order valence-electron chi connectivity index (χ2n) is 6.06. The van der Waals surface area contributed by atoms with Crippen LogP contribution in [0.2, 0.25) is 0 Å². The Hall–Kier alpha value is -0.610. The van der Waals surface area contributed by atoms with Crippen LogP contribution in [0.4, 0.5) is 0 Å². The minimum atomic E-state index is -0.291. The molecule has 1 amide bonds. The van der Waals surface area contributed by atoms with E-state index in [0.717, 1.165) is 19.3 Å².